The van der Waals surface area contributed by atoms with Crippen LogP contribution in [0.4, 0.5) is 0 Å². The number of hydrogen-bond donors (Lipinski definition) is 2. The molecule has 0 aromatic carbocycles. The van der Waals surface area contributed by atoms with Gasteiger partial charge in [-0.1, -0.05) is 12.4 Å². The van der Waals surface area contributed by atoms with Gasteiger partial charge in [-0.3, -0.25) is 4.68 Å². The molecule has 1 aromatic rings. The van der Waals surface area contributed by atoms with Crippen LogP contribution in [0.1, 0.15) is 46.6 Å². The van der Waals surface area contributed by atoms with E-state index in [0.717, 1.165) is 12.8 Å². The van der Waals surface area contributed by atoms with Crippen molar-refractivity contribution in [1.82, 2.24) is 9.78 Å². The van der Waals surface area contributed by atoms with E-state index in [1.807, 2.05) is 17.8 Å². The molecule has 4 unspecified atom stereocenters. The minimum absolute atomic E-state index is 0.0170. The van der Waals surface area contributed by atoms with E-state index in [-0.39, 0.29) is 12.0 Å². The minimum atomic E-state index is -1.13. The molecule has 104 valence electrons. The molecule has 1 heterocycles. The molecule has 5 heteroatoms. The number of hydrogen-bond acceptors (Lipinski definition) is 3. The maximum absolute atomic E-state index is 10.6. The average Bonchev–Trinajstić information content (AvgIpc) is 2.61. The van der Waals surface area contributed by atoms with Gasteiger partial charge in [0.2, 0.25) is 0 Å². The van der Waals surface area contributed by atoms with Crippen molar-refractivity contribution >= 4 is 13.3 Å². The maximum atomic E-state index is 10.6. The van der Waals surface area contributed by atoms with E-state index in [0.29, 0.717) is 11.4 Å². The van der Waals surface area contributed by atoms with Crippen molar-refractivity contribution in [1.29, 1.82) is 0 Å². The SMILES string of the molecule is [B]c1cnn(C2CCC2C(C)C(C)(O)C(C)(C)O)c1. The lowest BCUT2D eigenvalue weighted by molar-refractivity contribution is -0.171. The van der Waals surface area contributed by atoms with E-state index in [1.165, 1.54) is 0 Å². The summed E-state index contributed by atoms with van der Waals surface area (Å²) in [6, 6.07) is 0.265. The van der Waals surface area contributed by atoms with Crippen LogP contribution in [0.2, 0.25) is 0 Å². The smallest absolute Gasteiger partial charge is 0.118 e. The van der Waals surface area contributed by atoms with E-state index >= 15 is 0 Å². The van der Waals surface area contributed by atoms with Crippen LogP contribution in [0.3, 0.4) is 0 Å². The summed E-state index contributed by atoms with van der Waals surface area (Å²) >= 11 is 0. The molecule has 2 N–H and O–H groups in total. The van der Waals surface area contributed by atoms with Crippen molar-refractivity contribution in [2.24, 2.45) is 11.8 Å². The van der Waals surface area contributed by atoms with Gasteiger partial charge < -0.3 is 10.2 Å². The largest absolute Gasteiger partial charge is 0.387 e. The topological polar surface area (TPSA) is 58.3 Å². The highest BCUT2D eigenvalue weighted by Gasteiger charge is 2.49. The van der Waals surface area contributed by atoms with Crippen molar-refractivity contribution in [3.05, 3.63) is 12.4 Å². The molecule has 0 spiro atoms. The van der Waals surface area contributed by atoms with Gasteiger partial charge in [-0.05, 0) is 45.4 Å². The third-order valence-electron chi connectivity index (χ3n) is 5.02. The summed E-state index contributed by atoms with van der Waals surface area (Å²) in [5, 5.41) is 25.0. The molecule has 4 nitrogen and oxygen atoms in total. The second-order valence-corrected chi connectivity index (χ2v) is 6.56. The molecule has 0 bridgehead atoms. The fourth-order valence-electron chi connectivity index (χ4n) is 2.93. The molecule has 19 heavy (non-hydrogen) atoms. The number of aliphatic hydroxyl groups is 2. The van der Waals surface area contributed by atoms with E-state index in [2.05, 4.69) is 5.10 Å². The molecule has 1 aromatic heterocycles. The number of nitrogens with zero attached hydrogens (tertiary/aromatic N) is 2. The fraction of sp³-hybridized carbons (Fsp3) is 0.786. The van der Waals surface area contributed by atoms with Gasteiger partial charge in [0.15, 0.2) is 0 Å². The first-order valence-electron chi connectivity index (χ1n) is 6.89. The fourth-order valence-corrected chi connectivity index (χ4v) is 2.93. The maximum Gasteiger partial charge on any atom is 0.118 e. The summed E-state index contributed by atoms with van der Waals surface area (Å²) in [5.41, 5.74) is -1.60. The van der Waals surface area contributed by atoms with Gasteiger partial charge in [0.1, 0.15) is 7.85 Å². The normalized spacial score (nSPS) is 28.5. The molecule has 1 saturated carbocycles. The Hall–Kier alpha value is -0.805. The molecule has 1 aliphatic carbocycles. The molecule has 0 aliphatic heterocycles. The predicted octanol–water partition coefficient (Wildman–Crippen LogP) is 0.786. The molecule has 4 atom stereocenters. The second kappa shape index (κ2) is 4.63. The minimum Gasteiger partial charge on any atom is -0.387 e. The molecule has 1 aliphatic rings. The Bertz CT molecular complexity index is 451. The van der Waals surface area contributed by atoms with Gasteiger partial charge in [-0.25, -0.2) is 0 Å². The highest BCUT2D eigenvalue weighted by atomic mass is 16.4. The lowest BCUT2D eigenvalue weighted by Gasteiger charge is -2.49. The summed E-state index contributed by atoms with van der Waals surface area (Å²) in [7, 11) is 5.70. The number of aromatic nitrogens is 2. The van der Waals surface area contributed by atoms with Crippen LogP contribution in [0.5, 0.6) is 0 Å². The van der Waals surface area contributed by atoms with Crippen LogP contribution >= 0.6 is 0 Å². The van der Waals surface area contributed by atoms with E-state index in [4.69, 9.17) is 7.85 Å². The molecular weight excluding hydrogens is 239 g/mol. The average molecular weight is 262 g/mol. The molecule has 0 saturated heterocycles. The quantitative estimate of drug-likeness (QED) is 0.788. The van der Waals surface area contributed by atoms with Crippen LogP contribution in [-0.4, -0.2) is 39.0 Å². The first-order chi connectivity index (χ1) is 8.64. The van der Waals surface area contributed by atoms with E-state index < -0.39 is 11.2 Å². The predicted molar refractivity (Wildman–Crippen MR) is 75.5 cm³/mol. The Labute approximate surface area is 116 Å². The van der Waals surface area contributed by atoms with Crippen molar-refractivity contribution in [2.75, 3.05) is 0 Å². The van der Waals surface area contributed by atoms with Crippen LogP contribution in [-0.2, 0) is 0 Å². The molecule has 2 radical (unpaired) electrons. The summed E-state index contributed by atoms with van der Waals surface area (Å²) in [6.07, 6.45) is 5.56. The van der Waals surface area contributed by atoms with Crippen LogP contribution in [0.15, 0.2) is 12.4 Å². The van der Waals surface area contributed by atoms with Gasteiger partial charge >= 0.3 is 0 Å². The van der Waals surface area contributed by atoms with Crippen molar-refractivity contribution in [3.63, 3.8) is 0 Å². The van der Waals surface area contributed by atoms with Gasteiger partial charge in [-0.15, -0.1) is 0 Å². The Balaban J connectivity index is 2.15. The van der Waals surface area contributed by atoms with Gasteiger partial charge in [0, 0.05) is 12.4 Å². The Morgan fingerprint density at radius 2 is 2.00 bits per heavy atom. The van der Waals surface area contributed by atoms with Gasteiger partial charge in [-0.2, -0.15) is 5.10 Å². The lowest BCUT2D eigenvalue weighted by atomic mass is 9.63. The second-order valence-electron chi connectivity index (χ2n) is 6.56. The van der Waals surface area contributed by atoms with E-state index in [1.54, 1.807) is 27.0 Å². The molecule has 1 fully saturated rings. The molecule has 2 rings (SSSR count). The highest BCUT2D eigenvalue weighted by molar-refractivity contribution is 6.31. The van der Waals surface area contributed by atoms with Crippen LogP contribution in [0, 0.1) is 11.8 Å². The standard InChI is InChI=1S/C14H23BN2O2/c1-9(14(4,19)13(2,3)18)11-5-6-12(11)17-8-10(15)7-16-17/h7-9,11-12,18-19H,5-6H2,1-4H3. The zero-order valence-corrected chi connectivity index (χ0v) is 12.2. The van der Waals surface area contributed by atoms with Crippen molar-refractivity contribution in [2.45, 2.75) is 57.8 Å². The summed E-state index contributed by atoms with van der Waals surface area (Å²) < 4.78 is 1.89. The number of rotatable bonds is 4. The Morgan fingerprint density at radius 1 is 1.37 bits per heavy atom. The van der Waals surface area contributed by atoms with Crippen LogP contribution in [0.25, 0.3) is 0 Å². The first-order valence-corrected chi connectivity index (χ1v) is 6.89. The first kappa shape index (κ1) is 14.6. The Kier molecular flexibility index (Phi) is 3.56. The molecule has 0 amide bonds. The third-order valence-corrected chi connectivity index (χ3v) is 5.02. The lowest BCUT2D eigenvalue weighted by Crippen LogP contribution is -2.56. The zero-order chi connectivity index (χ0) is 14.4. The van der Waals surface area contributed by atoms with Crippen LogP contribution < -0.4 is 5.46 Å². The zero-order valence-electron chi connectivity index (χ0n) is 12.2. The van der Waals surface area contributed by atoms with Gasteiger partial charge in [0.25, 0.3) is 0 Å². The molecular formula is C14H23BN2O2. The summed E-state index contributed by atoms with van der Waals surface area (Å²) in [6.45, 7) is 7.03. The van der Waals surface area contributed by atoms with Crippen molar-refractivity contribution < 1.29 is 10.2 Å². The van der Waals surface area contributed by atoms with Gasteiger partial charge in [0.05, 0.1) is 17.2 Å². The highest BCUT2D eigenvalue weighted by Crippen LogP contribution is 2.48. The monoisotopic (exact) mass is 262 g/mol. The third kappa shape index (κ3) is 2.46. The van der Waals surface area contributed by atoms with E-state index in [9.17, 15) is 10.2 Å². The Morgan fingerprint density at radius 3 is 2.37 bits per heavy atom. The summed E-state index contributed by atoms with van der Waals surface area (Å²) in [4.78, 5) is 0. The van der Waals surface area contributed by atoms with Crippen molar-refractivity contribution in [3.8, 4) is 0 Å². The summed E-state index contributed by atoms with van der Waals surface area (Å²) in [5.74, 6) is 0.289.